The second-order valence-electron chi connectivity index (χ2n) is 3.39. The van der Waals surface area contributed by atoms with Crippen molar-refractivity contribution in [2.24, 2.45) is 0 Å². The van der Waals surface area contributed by atoms with Gasteiger partial charge in [-0.05, 0) is 19.1 Å². The number of amides is 2. The molecule has 4 heteroatoms. The van der Waals surface area contributed by atoms with Gasteiger partial charge < -0.3 is 10.6 Å². The molecule has 0 aromatic heterocycles. The average Bonchev–Trinajstić information content (AvgIpc) is 2.22. The zero-order chi connectivity index (χ0) is 7.90. The second-order valence-corrected chi connectivity index (χ2v) is 4.54. The van der Waals surface area contributed by atoms with Crippen LogP contribution in [0.3, 0.4) is 0 Å². The number of fused-ring (bicyclic) bond motifs is 1. The maximum absolute atomic E-state index is 11.0. The van der Waals surface area contributed by atoms with Crippen LogP contribution in [0, 0.1) is 0 Å². The van der Waals surface area contributed by atoms with Crippen LogP contribution in [0.1, 0.15) is 13.3 Å². The molecule has 0 aliphatic carbocycles. The van der Waals surface area contributed by atoms with Crippen molar-refractivity contribution in [2.45, 2.75) is 24.9 Å². The van der Waals surface area contributed by atoms with Crippen LogP contribution in [0.2, 0.25) is 0 Å². The fourth-order valence-corrected chi connectivity index (χ4v) is 3.07. The minimum absolute atomic E-state index is 0.000000000000000222. The van der Waals surface area contributed by atoms with Crippen LogP contribution in [0.5, 0.6) is 0 Å². The third kappa shape index (κ3) is 1.09. The molecule has 11 heavy (non-hydrogen) atoms. The highest BCUT2D eigenvalue weighted by Crippen LogP contribution is 2.29. The van der Waals surface area contributed by atoms with Crippen LogP contribution in [-0.4, -0.2) is 29.1 Å². The molecule has 2 N–H and O–H groups in total. The average molecular weight is 172 g/mol. The van der Waals surface area contributed by atoms with Gasteiger partial charge in [0.25, 0.3) is 0 Å². The van der Waals surface area contributed by atoms with Gasteiger partial charge in [-0.3, -0.25) is 0 Å². The summed E-state index contributed by atoms with van der Waals surface area (Å²) in [7, 11) is 0. The Morgan fingerprint density at radius 2 is 2.55 bits per heavy atom. The minimum atomic E-state index is 0.000000000000000222. The van der Waals surface area contributed by atoms with Gasteiger partial charge in [0, 0.05) is 5.75 Å². The predicted molar refractivity (Wildman–Crippen MR) is 45.8 cm³/mol. The monoisotopic (exact) mass is 172 g/mol. The van der Waals surface area contributed by atoms with E-state index >= 15 is 0 Å². The number of hydrogen-bond donors (Lipinski definition) is 2. The largest absolute Gasteiger partial charge is 0.332 e. The van der Waals surface area contributed by atoms with E-state index in [1.165, 1.54) is 0 Å². The molecular weight excluding hydrogens is 160 g/mol. The molecule has 2 rings (SSSR count). The smallest absolute Gasteiger partial charge is 0.315 e. The maximum atomic E-state index is 11.0. The topological polar surface area (TPSA) is 41.1 Å². The molecule has 2 aliphatic rings. The summed E-state index contributed by atoms with van der Waals surface area (Å²) in [6.07, 6.45) is 1.08. The Balaban J connectivity index is 2.17. The van der Waals surface area contributed by atoms with Crippen molar-refractivity contribution in [3.63, 3.8) is 0 Å². The Morgan fingerprint density at radius 1 is 1.73 bits per heavy atom. The van der Waals surface area contributed by atoms with E-state index in [1.54, 1.807) is 0 Å². The third-order valence-electron chi connectivity index (χ3n) is 2.52. The quantitative estimate of drug-likeness (QED) is 0.560. The van der Waals surface area contributed by atoms with Gasteiger partial charge in [-0.15, -0.1) is 0 Å². The first-order chi connectivity index (χ1) is 5.21. The predicted octanol–water partition coefficient (Wildman–Crippen LogP) is 0.563. The fourth-order valence-electron chi connectivity index (χ4n) is 1.65. The molecule has 0 radical (unpaired) electrons. The molecule has 0 spiro atoms. The summed E-state index contributed by atoms with van der Waals surface area (Å²) in [6, 6.07) is 0.341. The van der Waals surface area contributed by atoms with E-state index in [0.717, 1.165) is 17.9 Å². The van der Waals surface area contributed by atoms with E-state index in [0.29, 0.717) is 6.04 Å². The second kappa shape index (κ2) is 2.30. The summed E-state index contributed by atoms with van der Waals surface area (Å²) in [5.41, 5.74) is 0.0301. The van der Waals surface area contributed by atoms with Crippen molar-refractivity contribution in [3.8, 4) is 0 Å². The maximum Gasteiger partial charge on any atom is 0.315 e. The third-order valence-corrected chi connectivity index (χ3v) is 3.59. The number of nitrogens with one attached hydrogen (secondary N) is 2. The van der Waals surface area contributed by atoms with Gasteiger partial charge in [-0.2, -0.15) is 11.8 Å². The molecule has 2 heterocycles. The molecule has 2 amide bonds. The molecule has 0 aromatic carbocycles. The molecule has 2 saturated heterocycles. The fraction of sp³-hybridized carbons (Fsp3) is 0.857. The summed E-state index contributed by atoms with van der Waals surface area (Å²) in [5, 5.41) is 5.89. The van der Waals surface area contributed by atoms with E-state index in [9.17, 15) is 4.79 Å². The first-order valence-electron chi connectivity index (χ1n) is 3.87. The zero-order valence-corrected chi connectivity index (χ0v) is 7.33. The number of thioether (sulfide) groups is 1. The van der Waals surface area contributed by atoms with Crippen LogP contribution >= 0.6 is 11.8 Å². The Bertz CT molecular complexity index is 197. The standard InChI is InChI=1S/C7H12N2OS/c1-7-2-3-11-4-5(7)8-6(10)9-7/h5H,2-4H2,1H3,(H2,8,9,10)/t5-,7?/m0/s1. The van der Waals surface area contributed by atoms with Crippen LogP contribution in [0.25, 0.3) is 0 Å². The highest BCUT2D eigenvalue weighted by atomic mass is 32.2. The van der Waals surface area contributed by atoms with Gasteiger partial charge in [0.1, 0.15) is 0 Å². The van der Waals surface area contributed by atoms with Gasteiger partial charge >= 0.3 is 6.03 Å². The minimum Gasteiger partial charge on any atom is -0.332 e. The molecule has 62 valence electrons. The lowest BCUT2D eigenvalue weighted by atomic mass is 9.92. The van der Waals surface area contributed by atoms with Crippen molar-refractivity contribution in [1.82, 2.24) is 10.6 Å². The first-order valence-corrected chi connectivity index (χ1v) is 5.03. The Labute approximate surface area is 70.3 Å². The van der Waals surface area contributed by atoms with Crippen LogP contribution in [0.15, 0.2) is 0 Å². The highest BCUT2D eigenvalue weighted by Gasteiger charge is 2.43. The molecule has 2 aliphatic heterocycles. The van der Waals surface area contributed by atoms with Crippen molar-refractivity contribution >= 4 is 17.8 Å². The van der Waals surface area contributed by atoms with Crippen LogP contribution in [-0.2, 0) is 0 Å². The van der Waals surface area contributed by atoms with E-state index in [4.69, 9.17) is 0 Å². The Hall–Kier alpha value is -0.380. The first kappa shape index (κ1) is 7.28. The molecule has 2 atom stereocenters. The van der Waals surface area contributed by atoms with E-state index in [1.807, 2.05) is 11.8 Å². The van der Waals surface area contributed by atoms with Crippen molar-refractivity contribution in [3.05, 3.63) is 0 Å². The van der Waals surface area contributed by atoms with Gasteiger partial charge in [-0.25, -0.2) is 4.79 Å². The molecule has 2 fully saturated rings. The van der Waals surface area contributed by atoms with Gasteiger partial charge in [0.2, 0.25) is 0 Å². The zero-order valence-electron chi connectivity index (χ0n) is 6.52. The normalized spacial score (nSPS) is 42.6. The number of rotatable bonds is 0. The lowest BCUT2D eigenvalue weighted by Crippen LogP contribution is -2.50. The molecule has 1 unspecified atom stereocenters. The van der Waals surface area contributed by atoms with Crippen molar-refractivity contribution in [1.29, 1.82) is 0 Å². The van der Waals surface area contributed by atoms with E-state index in [2.05, 4.69) is 17.6 Å². The molecular formula is C7H12N2OS. The summed E-state index contributed by atoms with van der Waals surface area (Å²) in [6.45, 7) is 2.12. The summed E-state index contributed by atoms with van der Waals surface area (Å²) in [5.74, 6) is 2.21. The molecule has 3 nitrogen and oxygen atoms in total. The van der Waals surface area contributed by atoms with E-state index in [-0.39, 0.29) is 11.6 Å². The lowest BCUT2D eigenvalue weighted by molar-refractivity contribution is 0.245. The number of urea groups is 1. The number of hydrogen-bond acceptors (Lipinski definition) is 2. The summed E-state index contributed by atoms with van der Waals surface area (Å²) in [4.78, 5) is 11.0. The van der Waals surface area contributed by atoms with Crippen LogP contribution in [0.4, 0.5) is 4.79 Å². The van der Waals surface area contributed by atoms with Gasteiger partial charge in [0.05, 0.1) is 11.6 Å². The summed E-state index contributed by atoms with van der Waals surface area (Å²) < 4.78 is 0. The van der Waals surface area contributed by atoms with Crippen molar-refractivity contribution in [2.75, 3.05) is 11.5 Å². The summed E-state index contributed by atoms with van der Waals surface area (Å²) >= 11 is 1.92. The Morgan fingerprint density at radius 3 is 3.27 bits per heavy atom. The number of carbonyl (C=O) groups excluding carboxylic acids is 1. The molecule has 0 bridgehead atoms. The van der Waals surface area contributed by atoms with E-state index < -0.39 is 0 Å². The van der Waals surface area contributed by atoms with Gasteiger partial charge in [-0.1, -0.05) is 0 Å². The SMILES string of the molecule is CC12CCSC[C@@H]1NC(=O)N2. The van der Waals surface area contributed by atoms with Crippen molar-refractivity contribution < 1.29 is 4.79 Å². The van der Waals surface area contributed by atoms with Gasteiger partial charge in [0.15, 0.2) is 0 Å². The lowest BCUT2D eigenvalue weighted by Gasteiger charge is -2.33. The molecule has 0 aromatic rings. The Kier molecular flexibility index (Phi) is 1.52. The van der Waals surface area contributed by atoms with Crippen LogP contribution < -0.4 is 10.6 Å². The number of carbonyl (C=O) groups is 1. The molecule has 0 saturated carbocycles. The highest BCUT2D eigenvalue weighted by molar-refractivity contribution is 7.99.